The minimum atomic E-state index is -0.0742. The van der Waals surface area contributed by atoms with E-state index in [0.717, 1.165) is 19.4 Å². The van der Waals surface area contributed by atoms with Crippen molar-refractivity contribution in [3.63, 3.8) is 0 Å². The summed E-state index contributed by atoms with van der Waals surface area (Å²) in [5, 5.41) is 4.85. The number of hydrogen-bond donors (Lipinski definition) is 0. The van der Waals surface area contributed by atoms with Gasteiger partial charge in [-0.25, -0.2) is 4.98 Å². The lowest BCUT2D eigenvalue weighted by Crippen LogP contribution is -2.42. The summed E-state index contributed by atoms with van der Waals surface area (Å²) in [5.41, 5.74) is 1.63. The number of nitrogens with zero attached hydrogens (tertiary/aromatic N) is 5. The van der Waals surface area contributed by atoms with Crippen LogP contribution < -0.4 is 0 Å². The minimum Gasteiger partial charge on any atom is -0.340 e. The lowest BCUT2D eigenvalue weighted by Gasteiger charge is -2.40. The number of halogens is 1. The largest absolute Gasteiger partial charge is 0.340 e. The summed E-state index contributed by atoms with van der Waals surface area (Å²) in [6.07, 6.45) is 7.74. The van der Waals surface area contributed by atoms with E-state index in [0.29, 0.717) is 23.2 Å². The molecule has 3 rings (SSSR count). The Morgan fingerprint density at radius 2 is 2.16 bits per heavy atom. The number of carbonyl (C=O) groups is 1. The third-order valence-electron chi connectivity index (χ3n) is 4.88. The number of aryl methyl sites for hydroxylation is 1. The van der Waals surface area contributed by atoms with Crippen molar-refractivity contribution in [3.05, 3.63) is 47.0 Å². The van der Waals surface area contributed by atoms with Crippen LogP contribution in [0.3, 0.4) is 0 Å². The Morgan fingerprint density at radius 1 is 1.36 bits per heavy atom. The molecule has 1 saturated heterocycles. The molecular formula is C18H24ClN5O. The van der Waals surface area contributed by atoms with Crippen LogP contribution in [0, 0.1) is 5.92 Å². The average Bonchev–Trinajstić information content (AvgIpc) is 3.01. The lowest BCUT2D eigenvalue weighted by atomic mass is 9.85. The molecule has 1 aliphatic rings. The minimum absolute atomic E-state index is 0.0742. The van der Waals surface area contributed by atoms with Gasteiger partial charge in [0.25, 0.3) is 5.91 Å². The highest BCUT2D eigenvalue weighted by Crippen LogP contribution is 2.35. The molecule has 1 aliphatic heterocycles. The first-order valence-electron chi connectivity index (χ1n) is 8.51. The zero-order valence-electron chi connectivity index (χ0n) is 14.9. The normalized spacial score (nSPS) is 21.3. The summed E-state index contributed by atoms with van der Waals surface area (Å²) >= 11 is 5.86. The second-order valence-electron chi connectivity index (χ2n) is 6.82. The van der Waals surface area contributed by atoms with E-state index in [1.807, 2.05) is 25.0 Å². The maximum absolute atomic E-state index is 12.6. The van der Waals surface area contributed by atoms with Crippen molar-refractivity contribution in [1.29, 1.82) is 0 Å². The van der Waals surface area contributed by atoms with Gasteiger partial charge in [-0.1, -0.05) is 11.6 Å². The molecule has 25 heavy (non-hydrogen) atoms. The third-order valence-corrected chi connectivity index (χ3v) is 5.10. The Kier molecular flexibility index (Phi) is 5.39. The van der Waals surface area contributed by atoms with Crippen molar-refractivity contribution in [1.82, 2.24) is 24.6 Å². The van der Waals surface area contributed by atoms with Gasteiger partial charge in [0, 0.05) is 44.6 Å². The zero-order chi connectivity index (χ0) is 18.0. The van der Waals surface area contributed by atoms with Gasteiger partial charge < -0.3 is 4.90 Å². The highest BCUT2D eigenvalue weighted by Gasteiger charge is 2.33. The van der Waals surface area contributed by atoms with Crippen LogP contribution in [0.2, 0.25) is 5.02 Å². The highest BCUT2D eigenvalue weighted by molar-refractivity contribution is 6.30. The van der Waals surface area contributed by atoms with Gasteiger partial charge in [0.15, 0.2) is 0 Å². The van der Waals surface area contributed by atoms with Crippen LogP contribution in [0.4, 0.5) is 0 Å². The monoisotopic (exact) mass is 361 g/mol. The number of aromatic nitrogens is 3. The van der Waals surface area contributed by atoms with Crippen molar-refractivity contribution in [2.75, 3.05) is 27.2 Å². The molecule has 2 atom stereocenters. The van der Waals surface area contributed by atoms with Gasteiger partial charge in [0.1, 0.15) is 5.69 Å². The van der Waals surface area contributed by atoms with Gasteiger partial charge in [0.2, 0.25) is 0 Å². The van der Waals surface area contributed by atoms with E-state index < -0.39 is 0 Å². The smallest absolute Gasteiger partial charge is 0.272 e. The number of piperidine rings is 1. The van der Waals surface area contributed by atoms with E-state index in [1.54, 1.807) is 17.0 Å². The van der Waals surface area contributed by atoms with Crippen molar-refractivity contribution >= 4 is 17.5 Å². The van der Waals surface area contributed by atoms with Crippen molar-refractivity contribution in [2.24, 2.45) is 13.0 Å². The molecular weight excluding hydrogens is 338 g/mol. The lowest BCUT2D eigenvalue weighted by molar-refractivity contribution is 0.0640. The molecule has 1 amide bonds. The summed E-state index contributed by atoms with van der Waals surface area (Å²) in [6.45, 7) is 1.75. The van der Waals surface area contributed by atoms with Crippen molar-refractivity contribution in [2.45, 2.75) is 18.9 Å². The van der Waals surface area contributed by atoms with Crippen LogP contribution in [-0.4, -0.2) is 57.7 Å². The zero-order valence-corrected chi connectivity index (χ0v) is 15.6. The van der Waals surface area contributed by atoms with E-state index in [2.05, 4.69) is 28.2 Å². The number of hydrogen-bond acceptors (Lipinski definition) is 4. The Bertz CT molecular complexity index is 729. The van der Waals surface area contributed by atoms with Gasteiger partial charge in [-0.15, -0.1) is 0 Å². The molecule has 1 fully saturated rings. The second kappa shape index (κ2) is 7.54. The van der Waals surface area contributed by atoms with E-state index in [1.165, 1.54) is 11.8 Å². The molecule has 7 heteroatoms. The quantitative estimate of drug-likeness (QED) is 0.840. The van der Waals surface area contributed by atoms with Crippen LogP contribution in [0.15, 0.2) is 30.7 Å². The maximum Gasteiger partial charge on any atom is 0.272 e. The van der Waals surface area contributed by atoms with Crippen LogP contribution in [0.25, 0.3) is 0 Å². The second-order valence-corrected chi connectivity index (χ2v) is 7.26. The fourth-order valence-corrected chi connectivity index (χ4v) is 3.81. The Hall–Kier alpha value is -1.92. The first-order valence-corrected chi connectivity index (χ1v) is 8.89. The first kappa shape index (κ1) is 17.9. The standard InChI is InChI=1S/C18H24ClN5O/c1-22-8-4-5-13(17(22)14-9-21-24(3)12-14)11-23(2)18(25)16-7-6-15(19)10-20-16/h6-7,9-10,12-13,17H,4-5,8,11H2,1-3H3/t13-,17+/m0/s1. The molecule has 2 aromatic rings. The Labute approximate surface area is 153 Å². The summed E-state index contributed by atoms with van der Waals surface area (Å²) in [7, 11) is 5.92. The van der Waals surface area contributed by atoms with Crippen LogP contribution in [0.1, 0.15) is 34.9 Å². The molecule has 0 aromatic carbocycles. The van der Waals surface area contributed by atoms with Gasteiger partial charge >= 0.3 is 0 Å². The predicted octanol–water partition coefficient (Wildman–Crippen LogP) is 2.62. The van der Waals surface area contributed by atoms with E-state index >= 15 is 0 Å². The predicted molar refractivity (Wildman–Crippen MR) is 97.5 cm³/mol. The van der Waals surface area contributed by atoms with E-state index in [9.17, 15) is 4.79 Å². The Morgan fingerprint density at radius 3 is 2.80 bits per heavy atom. The van der Waals surface area contributed by atoms with Gasteiger partial charge in [-0.3, -0.25) is 14.4 Å². The van der Waals surface area contributed by atoms with Gasteiger partial charge in [-0.2, -0.15) is 5.10 Å². The molecule has 0 aliphatic carbocycles. The first-order chi connectivity index (χ1) is 12.0. The number of pyridine rings is 1. The van der Waals surface area contributed by atoms with Gasteiger partial charge in [-0.05, 0) is 44.5 Å². The highest BCUT2D eigenvalue weighted by atomic mass is 35.5. The molecule has 134 valence electrons. The van der Waals surface area contributed by atoms with E-state index in [-0.39, 0.29) is 11.9 Å². The van der Waals surface area contributed by atoms with Crippen molar-refractivity contribution in [3.8, 4) is 0 Å². The van der Waals surface area contributed by atoms with Crippen molar-refractivity contribution < 1.29 is 4.79 Å². The summed E-state index contributed by atoms with van der Waals surface area (Å²) in [4.78, 5) is 20.9. The number of amides is 1. The fraction of sp³-hybridized carbons (Fsp3) is 0.500. The Balaban J connectivity index is 1.74. The van der Waals surface area contributed by atoms with Gasteiger partial charge in [0.05, 0.1) is 11.2 Å². The topological polar surface area (TPSA) is 54.3 Å². The fourth-order valence-electron chi connectivity index (χ4n) is 3.70. The molecule has 6 nitrogen and oxygen atoms in total. The third kappa shape index (κ3) is 4.02. The average molecular weight is 362 g/mol. The molecule has 0 saturated carbocycles. The molecule has 0 spiro atoms. The molecule has 0 bridgehead atoms. The molecule has 3 heterocycles. The maximum atomic E-state index is 12.6. The molecule has 0 N–H and O–H groups in total. The number of carbonyl (C=O) groups excluding carboxylic acids is 1. The molecule has 0 radical (unpaired) electrons. The molecule has 0 unspecified atom stereocenters. The van der Waals surface area contributed by atoms with E-state index in [4.69, 9.17) is 11.6 Å². The van der Waals surface area contributed by atoms with Crippen LogP contribution >= 0.6 is 11.6 Å². The summed E-state index contributed by atoms with van der Waals surface area (Å²) < 4.78 is 1.83. The van der Waals surface area contributed by atoms with Crippen LogP contribution in [-0.2, 0) is 7.05 Å². The van der Waals surface area contributed by atoms with Crippen LogP contribution in [0.5, 0.6) is 0 Å². The SMILES string of the molecule is CN(C[C@@H]1CCCN(C)[C@H]1c1cnn(C)c1)C(=O)c1ccc(Cl)cn1. The number of likely N-dealkylation sites (tertiary alicyclic amines) is 1. The molecule has 2 aromatic heterocycles. The summed E-state index contributed by atoms with van der Waals surface area (Å²) in [6, 6.07) is 3.64. The summed E-state index contributed by atoms with van der Waals surface area (Å²) in [5.74, 6) is 0.291. The number of rotatable bonds is 4.